The third kappa shape index (κ3) is 5.46. The van der Waals surface area contributed by atoms with Crippen LogP contribution in [0.5, 0.6) is 0 Å². The second kappa shape index (κ2) is 9.86. The maximum absolute atomic E-state index is 12.6. The van der Waals surface area contributed by atoms with Crippen LogP contribution < -0.4 is 4.72 Å². The number of amides is 2. The third-order valence-corrected chi connectivity index (χ3v) is 6.69. The molecule has 160 valence electrons. The van der Waals surface area contributed by atoms with Crippen LogP contribution in [0.2, 0.25) is 0 Å². The summed E-state index contributed by atoms with van der Waals surface area (Å²) < 4.78 is 26.9. The van der Waals surface area contributed by atoms with Crippen molar-refractivity contribution in [1.29, 1.82) is 0 Å². The first-order valence-corrected chi connectivity index (χ1v) is 11.6. The van der Waals surface area contributed by atoms with Crippen molar-refractivity contribution >= 4 is 21.8 Å². The van der Waals surface area contributed by atoms with E-state index < -0.39 is 10.0 Å². The van der Waals surface area contributed by atoms with E-state index in [4.69, 9.17) is 0 Å². The van der Waals surface area contributed by atoms with Crippen LogP contribution in [0, 0.1) is 0 Å². The number of sulfonamides is 1. The molecule has 0 aliphatic carbocycles. The Balaban J connectivity index is 1.45. The number of piperazine rings is 1. The summed E-state index contributed by atoms with van der Waals surface area (Å²) >= 11 is 0. The topological polar surface area (TPSA) is 86.8 Å². The summed E-state index contributed by atoms with van der Waals surface area (Å²) in [6.45, 7) is 3.94. The van der Waals surface area contributed by atoms with Gasteiger partial charge in [0.05, 0.1) is 4.90 Å². The van der Waals surface area contributed by atoms with Crippen molar-refractivity contribution in [1.82, 2.24) is 14.5 Å². The van der Waals surface area contributed by atoms with E-state index in [-0.39, 0.29) is 29.7 Å². The number of hydrogen-bond acceptors (Lipinski definition) is 4. The van der Waals surface area contributed by atoms with Crippen molar-refractivity contribution in [3.8, 4) is 0 Å². The van der Waals surface area contributed by atoms with Crippen molar-refractivity contribution in [3.63, 3.8) is 0 Å². The Morgan fingerprint density at radius 1 is 0.900 bits per heavy atom. The van der Waals surface area contributed by atoms with E-state index in [1.807, 2.05) is 24.3 Å². The fraction of sp³-hybridized carbons (Fsp3) is 0.364. The number of nitrogens with zero attached hydrogens (tertiary/aromatic N) is 2. The van der Waals surface area contributed by atoms with Crippen LogP contribution in [0.3, 0.4) is 0 Å². The molecule has 1 aliphatic heterocycles. The molecule has 0 radical (unpaired) electrons. The number of aryl methyl sites for hydroxylation is 1. The normalized spacial score (nSPS) is 14.6. The van der Waals surface area contributed by atoms with Crippen LogP contribution in [-0.4, -0.2) is 62.8 Å². The molecule has 2 aromatic carbocycles. The van der Waals surface area contributed by atoms with Crippen molar-refractivity contribution in [2.24, 2.45) is 0 Å². The van der Waals surface area contributed by atoms with Gasteiger partial charge in [-0.25, -0.2) is 13.1 Å². The fourth-order valence-electron chi connectivity index (χ4n) is 3.36. The van der Waals surface area contributed by atoms with Crippen molar-refractivity contribution < 1.29 is 18.0 Å². The summed E-state index contributed by atoms with van der Waals surface area (Å²) in [4.78, 5) is 28.7. The number of rotatable bonds is 7. The Kier molecular flexibility index (Phi) is 7.23. The molecule has 0 saturated carbocycles. The van der Waals surface area contributed by atoms with E-state index in [0.717, 1.165) is 6.42 Å². The molecular formula is C22H27N3O4S. The van der Waals surface area contributed by atoms with Crippen LogP contribution in [0.4, 0.5) is 0 Å². The molecule has 1 fully saturated rings. The van der Waals surface area contributed by atoms with E-state index in [1.165, 1.54) is 17.7 Å². The summed E-state index contributed by atoms with van der Waals surface area (Å²) in [5, 5.41) is 0. The first-order chi connectivity index (χ1) is 14.4. The fourth-order valence-corrected chi connectivity index (χ4v) is 4.41. The first kappa shape index (κ1) is 22.0. The molecule has 2 amide bonds. The van der Waals surface area contributed by atoms with Crippen LogP contribution >= 0.6 is 0 Å². The van der Waals surface area contributed by atoms with E-state index in [2.05, 4.69) is 11.6 Å². The third-order valence-electron chi connectivity index (χ3n) is 5.21. The summed E-state index contributed by atoms with van der Waals surface area (Å²) in [6, 6.07) is 15.7. The maximum Gasteiger partial charge on any atom is 0.253 e. The lowest BCUT2D eigenvalue weighted by molar-refractivity contribution is -0.132. The average molecular weight is 430 g/mol. The molecule has 0 atom stereocenters. The maximum atomic E-state index is 12.6. The minimum Gasteiger partial charge on any atom is -0.339 e. The molecule has 30 heavy (non-hydrogen) atoms. The molecule has 8 heteroatoms. The molecule has 7 nitrogen and oxygen atoms in total. The second-order valence-corrected chi connectivity index (χ2v) is 8.95. The summed E-state index contributed by atoms with van der Waals surface area (Å²) in [7, 11) is -3.62. The van der Waals surface area contributed by atoms with E-state index in [1.54, 1.807) is 28.0 Å². The quantitative estimate of drug-likeness (QED) is 0.728. The number of nitrogens with one attached hydrogen (secondary N) is 1. The number of hydrogen-bond donors (Lipinski definition) is 1. The number of carbonyl (C=O) groups excluding carboxylic acids is 2. The molecule has 0 unspecified atom stereocenters. The molecular weight excluding hydrogens is 402 g/mol. The lowest BCUT2D eigenvalue weighted by Gasteiger charge is -2.35. The molecule has 0 spiro atoms. The SMILES string of the molecule is CCc1ccc(C(=O)N2CCN(C(=O)CCNS(=O)(=O)c3ccccc3)CC2)cc1. The zero-order chi connectivity index (χ0) is 21.6. The zero-order valence-electron chi connectivity index (χ0n) is 17.1. The van der Waals surface area contributed by atoms with Crippen LogP contribution in [0.25, 0.3) is 0 Å². The lowest BCUT2D eigenvalue weighted by atomic mass is 10.1. The minimum absolute atomic E-state index is 0.0274. The van der Waals surface area contributed by atoms with Crippen LogP contribution in [0.15, 0.2) is 59.5 Å². The van der Waals surface area contributed by atoms with E-state index in [0.29, 0.717) is 31.7 Å². The Hall–Kier alpha value is -2.71. The van der Waals surface area contributed by atoms with Crippen LogP contribution in [0.1, 0.15) is 29.3 Å². The highest BCUT2D eigenvalue weighted by Gasteiger charge is 2.25. The van der Waals surface area contributed by atoms with Gasteiger partial charge < -0.3 is 9.80 Å². The molecule has 0 aromatic heterocycles. The van der Waals surface area contributed by atoms with Gasteiger partial charge in [-0.2, -0.15) is 0 Å². The predicted octanol–water partition coefficient (Wildman–Crippen LogP) is 1.90. The highest BCUT2D eigenvalue weighted by molar-refractivity contribution is 7.89. The number of benzene rings is 2. The molecule has 1 saturated heterocycles. The Morgan fingerprint density at radius 2 is 1.50 bits per heavy atom. The van der Waals surface area contributed by atoms with Gasteiger partial charge in [0.15, 0.2) is 0 Å². The lowest BCUT2D eigenvalue weighted by Crippen LogP contribution is -2.51. The summed E-state index contributed by atoms with van der Waals surface area (Å²) in [5.74, 6) is -0.148. The first-order valence-electron chi connectivity index (χ1n) is 10.1. The predicted molar refractivity (Wildman–Crippen MR) is 115 cm³/mol. The Labute approximate surface area is 177 Å². The molecule has 1 heterocycles. The minimum atomic E-state index is -3.62. The monoisotopic (exact) mass is 429 g/mol. The van der Waals surface area contributed by atoms with E-state index in [9.17, 15) is 18.0 Å². The largest absolute Gasteiger partial charge is 0.339 e. The molecule has 1 aliphatic rings. The van der Waals surface area contributed by atoms with Crippen LogP contribution in [-0.2, 0) is 21.2 Å². The van der Waals surface area contributed by atoms with Gasteiger partial charge in [0, 0.05) is 44.7 Å². The Morgan fingerprint density at radius 3 is 2.10 bits per heavy atom. The average Bonchev–Trinajstić information content (AvgIpc) is 2.79. The summed E-state index contributed by atoms with van der Waals surface area (Å²) in [6.07, 6.45) is 1.01. The van der Waals surface area contributed by atoms with Crippen molar-refractivity contribution in [2.45, 2.75) is 24.7 Å². The highest BCUT2D eigenvalue weighted by Crippen LogP contribution is 2.12. The molecule has 2 aromatic rings. The van der Waals surface area contributed by atoms with Gasteiger partial charge in [-0.15, -0.1) is 0 Å². The van der Waals surface area contributed by atoms with Gasteiger partial charge in [-0.3, -0.25) is 9.59 Å². The molecule has 0 bridgehead atoms. The van der Waals surface area contributed by atoms with Crippen molar-refractivity contribution in [2.75, 3.05) is 32.7 Å². The highest BCUT2D eigenvalue weighted by atomic mass is 32.2. The van der Waals surface area contributed by atoms with Gasteiger partial charge in [-0.05, 0) is 36.2 Å². The standard InChI is InChI=1S/C22H27N3O4S/c1-2-18-8-10-19(11-9-18)22(27)25-16-14-24(15-17-25)21(26)12-13-23-30(28,29)20-6-4-3-5-7-20/h3-11,23H,2,12-17H2,1H3. The Bertz CT molecular complexity index is 967. The smallest absolute Gasteiger partial charge is 0.253 e. The van der Waals surface area contributed by atoms with Gasteiger partial charge in [0.25, 0.3) is 5.91 Å². The molecule has 1 N–H and O–H groups in total. The molecule has 3 rings (SSSR count). The van der Waals surface area contributed by atoms with Gasteiger partial charge in [0.2, 0.25) is 15.9 Å². The number of carbonyl (C=O) groups is 2. The summed E-state index contributed by atoms with van der Waals surface area (Å²) in [5.41, 5.74) is 1.84. The second-order valence-electron chi connectivity index (χ2n) is 7.18. The van der Waals surface area contributed by atoms with Gasteiger partial charge in [-0.1, -0.05) is 37.3 Å². The van der Waals surface area contributed by atoms with Gasteiger partial charge >= 0.3 is 0 Å². The van der Waals surface area contributed by atoms with Gasteiger partial charge in [0.1, 0.15) is 0 Å². The van der Waals surface area contributed by atoms with E-state index >= 15 is 0 Å². The zero-order valence-corrected chi connectivity index (χ0v) is 17.9. The van der Waals surface area contributed by atoms with Crippen molar-refractivity contribution in [3.05, 3.63) is 65.7 Å².